The third-order valence-corrected chi connectivity index (χ3v) is 2.30. The first-order valence-electron chi connectivity index (χ1n) is 5.19. The van der Waals surface area contributed by atoms with Crippen LogP contribution in [0.15, 0.2) is 24.3 Å². The zero-order chi connectivity index (χ0) is 11.3. The Morgan fingerprint density at radius 1 is 1.53 bits per heavy atom. The largest absolute Gasteiger partial charge is 0.508 e. The lowest BCUT2D eigenvalue weighted by Crippen LogP contribution is -2.33. The molecular weight excluding hydrogens is 190 g/mol. The van der Waals surface area contributed by atoms with Crippen LogP contribution in [0.4, 0.5) is 0 Å². The predicted octanol–water partition coefficient (Wildman–Crippen LogP) is 1.85. The summed E-state index contributed by atoms with van der Waals surface area (Å²) >= 11 is 0. The molecule has 0 heterocycles. The summed E-state index contributed by atoms with van der Waals surface area (Å²) in [6, 6.07) is 6.97. The van der Waals surface area contributed by atoms with E-state index in [1.807, 2.05) is 19.9 Å². The summed E-state index contributed by atoms with van der Waals surface area (Å²) in [6.45, 7) is 4.00. The topological polar surface area (TPSA) is 49.3 Å². The van der Waals surface area contributed by atoms with E-state index in [-0.39, 0.29) is 17.7 Å². The smallest absolute Gasteiger partial charge is 0.224 e. The molecule has 0 aliphatic heterocycles. The molecule has 0 radical (unpaired) electrons. The number of hydrogen-bond donors (Lipinski definition) is 2. The maximum absolute atomic E-state index is 11.5. The number of benzene rings is 1. The lowest BCUT2D eigenvalue weighted by molar-refractivity contribution is -0.121. The molecule has 0 bridgehead atoms. The van der Waals surface area contributed by atoms with Gasteiger partial charge in [-0.25, -0.2) is 0 Å². The first kappa shape index (κ1) is 11.6. The summed E-state index contributed by atoms with van der Waals surface area (Å²) in [7, 11) is 0. The van der Waals surface area contributed by atoms with Crippen molar-refractivity contribution in [1.29, 1.82) is 0 Å². The fourth-order valence-corrected chi connectivity index (χ4v) is 1.28. The van der Waals surface area contributed by atoms with Gasteiger partial charge in [-0.1, -0.05) is 19.1 Å². The molecule has 0 fully saturated rings. The first-order chi connectivity index (χ1) is 7.11. The van der Waals surface area contributed by atoms with Gasteiger partial charge in [0.1, 0.15) is 5.75 Å². The summed E-state index contributed by atoms with van der Waals surface area (Å²) < 4.78 is 0. The van der Waals surface area contributed by atoms with E-state index in [1.165, 1.54) is 0 Å². The van der Waals surface area contributed by atoms with Crippen molar-refractivity contribution in [2.45, 2.75) is 32.7 Å². The highest BCUT2D eigenvalue weighted by molar-refractivity contribution is 5.78. The van der Waals surface area contributed by atoms with E-state index < -0.39 is 0 Å². The summed E-state index contributed by atoms with van der Waals surface area (Å²) in [5.74, 6) is 0.193. The second kappa shape index (κ2) is 5.39. The lowest BCUT2D eigenvalue weighted by atomic mass is 10.1. The van der Waals surface area contributed by atoms with Gasteiger partial charge in [0.25, 0.3) is 0 Å². The van der Waals surface area contributed by atoms with Crippen LogP contribution in [0.3, 0.4) is 0 Å². The molecule has 1 aromatic rings. The van der Waals surface area contributed by atoms with Crippen molar-refractivity contribution < 1.29 is 9.90 Å². The number of nitrogens with one attached hydrogen (secondary N) is 1. The van der Waals surface area contributed by atoms with Gasteiger partial charge in [-0.3, -0.25) is 4.79 Å². The van der Waals surface area contributed by atoms with Crippen molar-refractivity contribution >= 4 is 5.91 Å². The molecule has 0 saturated heterocycles. The minimum atomic E-state index is -0.00468. The molecule has 0 aromatic heterocycles. The van der Waals surface area contributed by atoms with Gasteiger partial charge in [0.15, 0.2) is 0 Å². The minimum absolute atomic E-state index is 0.00468. The van der Waals surface area contributed by atoms with E-state index in [4.69, 9.17) is 0 Å². The second-order valence-corrected chi connectivity index (χ2v) is 3.72. The minimum Gasteiger partial charge on any atom is -0.508 e. The second-order valence-electron chi connectivity index (χ2n) is 3.72. The summed E-state index contributed by atoms with van der Waals surface area (Å²) in [5, 5.41) is 12.1. The maximum Gasteiger partial charge on any atom is 0.224 e. The Bertz CT molecular complexity index is 336. The average Bonchev–Trinajstić information content (AvgIpc) is 2.17. The van der Waals surface area contributed by atoms with Gasteiger partial charge >= 0.3 is 0 Å². The summed E-state index contributed by atoms with van der Waals surface area (Å²) in [4.78, 5) is 11.5. The molecule has 0 aliphatic carbocycles. The van der Waals surface area contributed by atoms with Crippen molar-refractivity contribution in [2.75, 3.05) is 0 Å². The molecular formula is C12H17NO2. The first-order valence-corrected chi connectivity index (χ1v) is 5.19. The fourth-order valence-electron chi connectivity index (χ4n) is 1.28. The van der Waals surface area contributed by atoms with Crippen LogP contribution in [0, 0.1) is 0 Å². The Morgan fingerprint density at radius 2 is 2.27 bits per heavy atom. The van der Waals surface area contributed by atoms with Crippen molar-refractivity contribution in [2.24, 2.45) is 0 Å². The van der Waals surface area contributed by atoms with Crippen LogP contribution in [-0.2, 0) is 11.2 Å². The monoisotopic (exact) mass is 207 g/mol. The number of aromatic hydroxyl groups is 1. The highest BCUT2D eigenvalue weighted by Gasteiger charge is 2.06. The number of carbonyl (C=O) groups is 1. The molecule has 82 valence electrons. The number of amides is 1. The molecule has 15 heavy (non-hydrogen) atoms. The molecule has 1 atom stereocenters. The van der Waals surface area contributed by atoms with Crippen LogP contribution in [-0.4, -0.2) is 17.1 Å². The Labute approximate surface area is 90.1 Å². The zero-order valence-corrected chi connectivity index (χ0v) is 9.16. The Morgan fingerprint density at radius 3 is 2.87 bits per heavy atom. The van der Waals surface area contributed by atoms with Gasteiger partial charge in [0, 0.05) is 6.04 Å². The standard InChI is InChI=1S/C12H17NO2/c1-3-9(2)13-12(15)8-10-5-4-6-11(14)7-10/h4-7,9,14H,3,8H2,1-2H3,(H,13,15). The molecule has 1 rings (SSSR count). The van der Waals surface area contributed by atoms with E-state index in [9.17, 15) is 9.90 Å². The predicted molar refractivity (Wildman–Crippen MR) is 59.7 cm³/mol. The number of carbonyl (C=O) groups excluding carboxylic acids is 1. The van der Waals surface area contributed by atoms with E-state index in [2.05, 4.69) is 5.32 Å². The third kappa shape index (κ3) is 4.02. The van der Waals surface area contributed by atoms with Crippen LogP contribution in [0.25, 0.3) is 0 Å². The normalized spacial score (nSPS) is 12.1. The Hall–Kier alpha value is -1.51. The molecule has 2 N–H and O–H groups in total. The van der Waals surface area contributed by atoms with Crippen molar-refractivity contribution in [3.8, 4) is 5.75 Å². The van der Waals surface area contributed by atoms with E-state index in [1.54, 1.807) is 18.2 Å². The van der Waals surface area contributed by atoms with Gasteiger partial charge in [0.05, 0.1) is 6.42 Å². The molecule has 0 aliphatic rings. The molecule has 1 amide bonds. The highest BCUT2D eigenvalue weighted by Crippen LogP contribution is 2.11. The number of phenols is 1. The van der Waals surface area contributed by atoms with Gasteiger partial charge in [-0.2, -0.15) is 0 Å². The van der Waals surface area contributed by atoms with Crippen LogP contribution in [0.2, 0.25) is 0 Å². The molecule has 1 unspecified atom stereocenters. The quantitative estimate of drug-likeness (QED) is 0.791. The molecule has 3 heteroatoms. The molecule has 0 saturated carbocycles. The van der Waals surface area contributed by atoms with Crippen LogP contribution >= 0.6 is 0 Å². The third-order valence-electron chi connectivity index (χ3n) is 2.30. The average molecular weight is 207 g/mol. The fraction of sp³-hybridized carbons (Fsp3) is 0.417. The van der Waals surface area contributed by atoms with Gasteiger partial charge < -0.3 is 10.4 Å². The van der Waals surface area contributed by atoms with Crippen molar-refractivity contribution in [3.63, 3.8) is 0 Å². The molecule has 0 spiro atoms. The van der Waals surface area contributed by atoms with Crippen molar-refractivity contribution in [3.05, 3.63) is 29.8 Å². The molecule has 1 aromatic carbocycles. The number of phenolic OH excluding ortho intramolecular Hbond substituents is 1. The Kier molecular flexibility index (Phi) is 4.16. The van der Waals surface area contributed by atoms with Crippen LogP contribution in [0.1, 0.15) is 25.8 Å². The number of rotatable bonds is 4. The van der Waals surface area contributed by atoms with E-state index in [0.29, 0.717) is 6.42 Å². The zero-order valence-electron chi connectivity index (χ0n) is 9.16. The van der Waals surface area contributed by atoms with Crippen molar-refractivity contribution in [1.82, 2.24) is 5.32 Å². The van der Waals surface area contributed by atoms with Gasteiger partial charge in [-0.05, 0) is 31.0 Å². The maximum atomic E-state index is 11.5. The van der Waals surface area contributed by atoms with E-state index >= 15 is 0 Å². The SMILES string of the molecule is CCC(C)NC(=O)Cc1cccc(O)c1. The Balaban J connectivity index is 2.51. The highest BCUT2D eigenvalue weighted by atomic mass is 16.3. The summed E-state index contributed by atoms with van der Waals surface area (Å²) in [6.07, 6.45) is 1.24. The molecule has 3 nitrogen and oxygen atoms in total. The van der Waals surface area contributed by atoms with E-state index in [0.717, 1.165) is 12.0 Å². The van der Waals surface area contributed by atoms with Crippen LogP contribution in [0.5, 0.6) is 5.75 Å². The summed E-state index contributed by atoms with van der Waals surface area (Å²) in [5.41, 5.74) is 0.829. The lowest BCUT2D eigenvalue weighted by Gasteiger charge is -2.11. The van der Waals surface area contributed by atoms with Gasteiger partial charge in [0.2, 0.25) is 5.91 Å². The van der Waals surface area contributed by atoms with Gasteiger partial charge in [-0.15, -0.1) is 0 Å². The number of hydrogen-bond acceptors (Lipinski definition) is 2. The van der Waals surface area contributed by atoms with Crippen LogP contribution < -0.4 is 5.32 Å².